The zero-order valence-electron chi connectivity index (χ0n) is 11.3. The maximum Gasteiger partial charge on any atom is 0.326 e. The average molecular weight is 268 g/mol. The third kappa shape index (κ3) is 4.36. The highest BCUT2D eigenvalue weighted by atomic mass is 16.4. The van der Waals surface area contributed by atoms with Gasteiger partial charge in [-0.1, -0.05) is 13.8 Å². The van der Waals surface area contributed by atoms with E-state index < -0.39 is 24.0 Å². The minimum atomic E-state index is -1.06. The number of nitrogens with one attached hydrogen (secondary N) is 1. The Labute approximate surface area is 111 Å². The van der Waals surface area contributed by atoms with E-state index >= 15 is 0 Å². The second-order valence-electron chi connectivity index (χ2n) is 4.95. The first kappa shape index (κ1) is 15.2. The van der Waals surface area contributed by atoms with E-state index in [1.807, 2.05) is 13.8 Å². The van der Waals surface area contributed by atoms with Crippen LogP contribution in [0.3, 0.4) is 0 Å². The van der Waals surface area contributed by atoms with Crippen LogP contribution in [0.25, 0.3) is 0 Å². The van der Waals surface area contributed by atoms with Gasteiger partial charge in [0.25, 0.3) is 0 Å². The summed E-state index contributed by atoms with van der Waals surface area (Å²) in [5.41, 5.74) is 6.32. The van der Waals surface area contributed by atoms with Crippen LogP contribution in [0.4, 0.5) is 0 Å². The molecule has 0 aliphatic rings. The van der Waals surface area contributed by atoms with Crippen molar-refractivity contribution in [2.24, 2.45) is 18.7 Å². The fraction of sp³-hybridized carbons (Fsp3) is 0.583. The van der Waals surface area contributed by atoms with Gasteiger partial charge in [0.05, 0.1) is 6.20 Å². The summed E-state index contributed by atoms with van der Waals surface area (Å²) in [6.45, 7) is 3.78. The Kier molecular flexibility index (Phi) is 5.05. The lowest BCUT2D eigenvalue weighted by molar-refractivity contribution is -0.142. The zero-order chi connectivity index (χ0) is 14.6. The number of carbonyl (C=O) groups excluding carboxylic acids is 1. The largest absolute Gasteiger partial charge is 0.480 e. The molecule has 0 aliphatic heterocycles. The quantitative estimate of drug-likeness (QED) is 0.674. The molecular weight excluding hydrogens is 248 g/mol. The fourth-order valence-electron chi connectivity index (χ4n) is 1.71. The molecule has 1 rings (SSSR count). The number of carboxylic acid groups (broad SMARTS) is 1. The van der Waals surface area contributed by atoms with E-state index in [0.29, 0.717) is 12.0 Å². The average Bonchev–Trinajstić information content (AvgIpc) is 2.73. The van der Waals surface area contributed by atoms with Gasteiger partial charge >= 0.3 is 5.97 Å². The van der Waals surface area contributed by atoms with Gasteiger partial charge < -0.3 is 16.2 Å². The van der Waals surface area contributed by atoms with E-state index in [1.165, 1.54) is 10.9 Å². The lowest BCUT2D eigenvalue weighted by atomic mass is 10.0. The Morgan fingerprint density at radius 1 is 1.53 bits per heavy atom. The SMILES string of the molecule is CC(C)C[C@H](NC(=O)C(N)c1cnn(C)c1)C(=O)O. The molecule has 1 amide bonds. The van der Waals surface area contributed by atoms with Crippen LogP contribution >= 0.6 is 0 Å². The van der Waals surface area contributed by atoms with Crippen LogP contribution in [-0.2, 0) is 16.6 Å². The van der Waals surface area contributed by atoms with E-state index in [1.54, 1.807) is 13.2 Å². The van der Waals surface area contributed by atoms with Crippen molar-refractivity contribution in [3.05, 3.63) is 18.0 Å². The van der Waals surface area contributed by atoms with Crippen molar-refractivity contribution in [3.8, 4) is 0 Å². The standard InChI is InChI=1S/C12H20N4O3/c1-7(2)4-9(12(18)19)15-11(17)10(13)8-5-14-16(3)6-8/h5-7,9-10H,4,13H2,1-3H3,(H,15,17)(H,18,19)/t9-,10?/m0/s1. The third-order valence-corrected chi connectivity index (χ3v) is 2.69. The molecule has 7 nitrogen and oxygen atoms in total. The van der Waals surface area contributed by atoms with Gasteiger partial charge in [-0.15, -0.1) is 0 Å². The summed E-state index contributed by atoms with van der Waals surface area (Å²) in [5, 5.41) is 15.4. The van der Waals surface area contributed by atoms with Gasteiger partial charge in [-0.2, -0.15) is 5.10 Å². The molecule has 0 aromatic carbocycles. The number of aromatic nitrogens is 2. The maximum atomic E-state index is 11.9. The molecule has 0 spiro atoms. The lowest BCUT2D eigenvalue weighted by Gasteiger charge is -2.18. The van der Waals surface area contributed by atoms with Crippen molar-refractivity contribution in [2.45, 2.75) is 32.4 Å². The van der Waals surface area contributed by atoms with Crippen molar-refractivity contribution in [1.82, 2.24) is 15.1 Å². The summed E-state index contributed by atoms with van der Waals surface area (Å²) in [6, 6.07) is -1.84. The van der Waals surface area contributed by atoms with Crippen LogP contribution in [0, 0.1) is 5.92 Å². The zero-order valence-corrected chi connectivity index (χ0v) is 11.3. The molecule has 106 valence electrons. The van der Waals surface area contributed by atoms with Gasteiger partial charge in [0.15, 0.2) is 0 Å². The number of aliphatic carboxylic acids is 1. The highest BCUT2D eigenvalue weighted by Crippen LogP contribution is 2.11. The first-order valence-corrected chi connectivity index (χ1v) is 6.08. The molecule has 1 heterocycles. The van der Waals surface area contributed by atoms with Crippen molar-refractivity contribution in [1.29, 1.82) is 0 Å². The molecule has 0 aliphatic carbocycles. The van der Waals surface area contributed by atoms with Gasteiger partial charge in [0.2, 0.25) is 5.91 Å². The molecule has 1 aromatic rings. The van der Waals surface area contributed by atoms with Crippen LogP contribution in [0.2, 0.25) is 0 Å². The van der Waals surface area contributed by atoms with E-state index in [9.17, 15) is 9.59 Å². The summed E-state index contributed by atoms with van der Waals surface area (Å²) < 4.78 is 1.53. The van der Waals surface area contributed by atoms with Crippen molar-refractivity contribution in [3.63, 3.8) is 0 Å². The highest BCUT2D eigenvalue weighted by Gasteiger charge is 2.25. The first-order valence-electron chi connectivity index (χ1n) is 6.08. The highest BCUT2D eigenvalue weighted by molar-refractivity contribution is 5.87. The van der Waals surface area contributed by atoms with E-state index in [2.05, 4.69) is 10.4 Å². The minimum Gasteiger partial charge on any atom is -0.480 e. The fourth-order valence-corrected chi connectivity index (χ4v) is 1.71. The van der Waals surface area contributed by atoms with Crippen molar-refractivity contribution >= 4 is 11.9 Å². The van der Waals surface area contributed by atoms with Gasteiger partial charge in [0.1, 0.15) is 12.1 Å². The molecule has 0 fully saturated rings. The smallest absolute Gasteiger partial charge is 0.326 e. The number of aryl methyl sites for hydroxylation is 1. The molecule has 0 radical (unpaired) electrons. The molecule has 19 heavy (non-hydrogen) atoms. The number of nitrogens with zero attached hydrogens (tertiary/aromatic N) is 2. The Hall–Kier alpha value is -1.89. The van der Waals surface area contributed by atoms with Gasteiger partial charge in [-0.05, 0) is 12.3 Å². The number of carbonyl (C=O) groups is 2. The molecule has 0 bridgehead atoms. The second-order valence-corrected chi connectivity index (χ2v) is 4.95. The molecule has 0 saturated heterocycles. The molecule has 0 saturated carbocycles. The summed E-state index contributed by atoms with van der Waals surface area (Å²) in [6.07, 6.45) is 3.48. The predicted octanol–water partition coefficient (Wildman–Crippen LogP) is 0.0354. The van der Waals surface area contributed by atoms with E-state index in [0.717, 1.165) is 0 Å². The molecule has 7 heteroatoms. The number of hydrogen-bond acceptors (Lipinski definition) is 4. The lowest BCUT2D eigenvalue weighted by Crippen LogP contribution is -2.45. The minimum absolute atomic E-state index is 0.163. The monoisotopic (exact) mass is 268 g/mol. The van der Waals surface area contributed by atoms with E-state index in [-0.39, 0.29) is 5.92 Å². The molecular formula is C12H20N4O3. The van der Waals surface area contributed by atoms with Crippen LogP contribution in [0.5, 0.6) is 0 Å². The molecule has 2 atom stereocenters. The van der Waals surface area contributed by atoms with Gasteiger partial charge in [-0.3, -0.25) is 9.48 Å². The van der Waals surface area contributed by atoms with Gasteiger partial charge in [0, 0.05) is 18.8 Å². The Morgan fingerprint density at radius 2 is 2.16 bits per heavy atom. The second kappa shape index (κ2) is 6.33. The summed E-state index contributed by atoms with van der Waals surface area (Å²) in [5.74, 6) is -1.41. The number of hydrogen-bond donors (Lipinski definition) is 3. The Balaban J connectivity index is 2.68. The van der Waals surface area contributed by atoms with Crippen molar-refractivity contribution < 1.29 is 14.7 Å². The third-order valence-electron chi connectivity index (χ3n) is 2.69. The molecule has 1 unspecified atom stereocenters. The van der Waals surface area contributed by atoms with Crippen molar-refractivity contribution in [2.75, 3.05) is 0 Å². The Bertz CT molecular complexity index is 456. The van der Waals surface area contributed by atoms with Crippen LogP contribution in [0.15, 0.2) is 12.4 Å². The first-order chi connectivity index (χ1) is 8.81. The summed E-state index contributed by atoms with van der Waals surface area (Å²) >= 11 is 0. The maximum absolute atomic E-state index is 11.9. The normalized spacial score (nSPS) is 14.2. The summed E-state index contributed by atoms with van der Waals surface area (Å²) in [4.78, 5) is 23.0. The van der Waals surface area contributed by atoms with E-state index in [4.69, 9.17) is 10.8 Å². The number of amides is 1. The number of rotatable bonds is 6. The Morgan fingerprint density at radius 3 is 2.58 bits per heavy atom. The van der Waals surface area contributed by atoms with Crippen LogP contribution in [-0.4, -0.2) is 32.8 Å². The molecule has 1 aromatic heterocycles. The van der Waals surface area contributed by atoms with Gasteiger partial charge in [-0.25, -0.2) is 4.79 Å². The topological polar surface area (TPSA) is 110 Å². The van der Waals surface area contributed by atoms with Crippen LogP contribution < -0.4 is 11.1 Å². The summed E-state index contributed by atoms with van der Waals surface area (Å²) in [7, 11) is 1.72. The predicted molar refractivity (Wildman–Crippen MR) is 69.2 cm³/mol. The number of nitrogens with two attached hydrogens (primary N) is 1. The van der Waals surface area contributed by atoms with Crippen LogP contribution in [0.1, 0.15) is 31.9 Å². The number of carboxylic acids is 1. The molecule has 4 N–H and O–H groups in total.